The largest absolute Gasteiger partial charge is 0.404 e. The number of alkyl halides is 6. The Kier molecular flexibility index (Phi) is 13.9. The number of halogens is 6. The van der Waals surface area contributed by atoms with Crippen molar-refractivity contribution in [1.29, 1.82) is 0 Å². The van der Waals surface area contributed by atoms with Gasteiger partial charge >= 0.3 is 12.4 Å². The molecule has 0 saturated carbocycles. The van der Waals surface area contributed by atoms with Crippen molar-refractivity contribution in [3.63, 3.8) is 0 Å². The average molecular weight is 491 g/mol. The molecule has 0 aromatic heterocycles. The number of rotatable bonds is 15. The van der Waals surface area contributed by atoms with Gasteiger partial charge in [-0.1, -0.05) is 48.0 Å². The van der Waals surface area contributed by atoms with Gasteiger partial charge in [0.25, 0.3) is 0 Å². The highest BCUT2D eigenvalue weighted by Crippen LogP contribution is 2.35. The van der Waals surface area contributed by atoms with Crippen LogP contribution in [0.15, 0.2) is 0 Å². The topological polar surface area (TPSA) is 6.48 Å². The quantitative estimate of drug-likeness (QED) is 0.214. The summed E-state index contributed by atoms with van der Waals surface area (Å²) in [6.45, 7) is 13.1. The molecule has 0 aliphatic rings. The van der Waals surface area contributed by atoms with Gasteiger partial charge in [0.05, 0.1) is 0 Å². The Labute approximate surface area is 198 Å². The van der Waals surface area contributed by atoms with E-state index in [9.17, 15) is 26.3 Å². The summed E-state index contributed by atoms with van der Waals surface area (Å²) in [5.41, 5.74) is 0. The summed E-state index contributed by atoms with van der Waals surface area (Å²) in [5, 5.41) is 0. The van der Waals surface area contributed by atoms with Crippen LogP contribution in [0.2, 0.25) is 0 Å². The van der Waals surface area contributed by atoms with Crippen LogP contribution >= 0.6 is 0 Å². The molecule has 0 saturated heterocycles. The highest BCUT2D eigenvalue weighted by Gasteiger charge is 2.46. The van der Waals surface area contributed by atoms with Gasteiger partial charge < -0.3 is 0 Å². The van der Waals surface area contributed by atoms with Crippen molar-refractivity contribution in [3.05, 3.63) is 0 Å². The first-order valence-corrected chi connectivity index (χ1v) is 12.4. The zero-order chi connectivity index (χ0) is 26.1. The van der Waals surface area contributed by atoms with Gasteiger partial charge in [-0.15, -0.1) is 0 Å². The fraction of sp³-hybridized carbons (Fsp3) is 1.00. The van der Waals surface area contributed by atoms with Gasteiger partial charge in [-0.05, 0) is 83.3 Å². The minimum atomic E-state index is -4.30. The summed E-state index contributed by atoms with van der Waals surface area (Å²) in [6.07, 6.45) is -4.56. The molecule has 0 aliphatic carbocycles. The van der Waals surface area contributed by atoms with E-state index >= 15 is 0 Å². The lowest BCUT2D eigenvalue weighted by atomic mass is 9.88. The van der Waals surface area contributed by atoms with Crippen LogP contribution in [0.1, 0.15) is 87.0 Å². The molecule has 0 N–H and O–H groups in total. The Morgan fingerprint density at radius 1 is 0.636 bits per heavy atom. The number of nitrogens with zero attached hydrogens (tertiary/aromatic N) is 2. The maximum Gasteiger partial charge on any atom is 0.404 e. The molecule has 0 fully saturated rings. The zero-order valence-corrected chi connectivity index (χ0v) is 22.2. The SMILES string of the molecule is CC(C)CCC(C)N(C)[C@@H](C(C)CCC(C)CCCN(C)[C@H](C(C)C)C(F)(F)F)C(F)(F)F. The van der Waals surface area contributed by atoms with Crippen molar-refractivity contribution in [1.82, 2.24) is 9.80 Å². The highest BCUT2D eigenvalue weighted by atomic mass is 19.4. The van der Waals surface area contributed by atoms with E-state index < -0.39 is 36.3 Å². The summed E-state index contributed by atoms with van der Waals surface area (Å²) in [5.74, 6) is -0.457. The second-order valence-corrected chi connectivity index (χ2v) is 11.0. The van der Waals surface area contributed by atoms with Crippen molar-refractivity contribution >= 4 is 0 Å². The lowest BCUT2D eigenvalue weighted by molar-refractivity contribution is -0.199. The second kappa shape index (κ2) is 14.2. The van der Waals surface area contributed by atoms with Crippen LogP contribution in [0, 0.1) is 23.7 Å². The predicted octanol–water partition coefficient (Wildman–Crippen LogP) is 8.03. The summed E-state index contributed by atoms with van der Waals surface area (Å²) >= 11 is 0. The fourth-order valence-corrected chi connectivity index (χ4v) is 4.82. The van der Waals surface area contributed by atoms with E-state index in [-0.39, 0.29) is 12.0 Å². The van der Waals surface area contributed by atoms with E-state index in [0.29, 0.717) is 38.1 Å². The molecule has 0 aromatic rings. The fourth-order valence-electron chi connectivity index (χ4n) is 4.82. The van der Waals surface area contributed by atoms with Crippen molar-refractivity contribution in [3.8, 4) is 0 Å². The Morgan fingerprint density at radius 2 is 1.15 bits per heavy atom. The highest BCUT2D eigenvalue weighted by molar-refractivity contribution is 4.85. The number of hydrogen-bond acceptors (Lipinski definition) is 2. The summed E-state index contributed by atoms with van der Waals surface area (Å²) in [6, 6.07) is -3.12. The zero-order valence-electron chi connectivity index (χ0n) is 22.2. The second-order valence-electron chi connectivity index (χ2n) is 11.0. The molecule has 8 heteroatoms. The molecule has 0 radical (unpaired) electrons. The molecule has 0 bridgehead atoms. The maximum absolute atomic E-state index is 13.9. The van der Waals surface area contributed by atoms with Crippen molar-refractivity contribution in [2.75, 3.05) is 20.6 Å². The third-order valence-electron chi connectivity index (χ3n) is 6.93. The smallest absolute Gasteiger partial charge is 0.295 e. The Hall–Kier alpha value is -0.500. The molecule has 0 spiro atoms. The van der Waals surface area contributed by atoms with Crippen LogP contribution < -0.4 is 0 Å². The first-order chi connectivity index (χ1) is 14.9. The van der Waals surface area contributed by atoms with Gasteiger partial charge in [0.15, 0.2) is 0 Å². The van der Waals surface area contributed by atoms with E-state index in [1.807, 2.05) is 13.8 Å². The Bertz CT molecular complexity index is 518. The van der Waals surface area contributed by atoms with Crippen LogP contribution in [-0.4, -0.2) is 60.9 Å². The Balaban J connectivity index is 4.77. The summed E-state index contributed by atoms with van der Waals surface area (Å²) < 4.78 is 81.5. The first kappa shape index (κ1) is 32.5. The monoisotopic (exact) mass is 490 g/mol. The molecule has 0 aromatic carbocycles. The molecule has 5 atom stereocenters. The Morgan fingerprint density at radius 3 is 1.58 bits per heavy atom. The average Bonchev–Trinajstić information content (AvgIpc) is 2.61. The van der Waals surface area contributed by atoms with E-state index in [2.05, 4.69) is 13.8 Å². The van der Waals surface area contributed by atoms with E-state index in [1.54, 1.807) is 27.8 Å². The van der Waals surface area contributed by atoms with Gasteiger partial charge in [0.2, 0.25) is 0 Å². The van der Waals surface area contributed by atoms with Crippen LogP contribution in [0.3, 0.4) is 0 Å². The third kappa shape index (κ3) is 12.1. The van der Waals surface area contributed by atoms with Crippen LogP contribution in [0.5, 0.6) is 0 Å². The van der Waals surface area contributed by atoms with E-state index in [4.69, 9.17) is 0 Å². The van der Waals surface area contributed by atoms with E-state index in [1.165, 1.54) is 16.8 Å². The van der Waals surface area contributed by atoms with Crippen molar-refractivity contribution < 1.29 is 26.3 Å². The lowest BCUT2D eigenvalue weighted by Gasteiger charge is -2.38. The molecule has 2 nitrogen and oxygen atoms in total. The summed E-state index contributed by atoms with van der Waals surface area (Å²) in [4.78, 5) is 2.84. The predicted molar refractivity (Wildman–Crippen MR) is 125 cm³/mol. The normalized spacial score (nSPS) is 18.3. The standard InChI is InChI=1S/C25H48F6N2/c1-17(2)12-15-21(7)33(9)23(25(29,30)31)20(6)14-13-19(5)11-10-16-32(8)22(18(3)4)24(26,27)28/h17-23H,10-16H2,1-9H3/t19?,20?,21?,22-,23+/m1/s1. The van der Waals surface area contributed by atoms with Crippen molar-refractivity contribution in [2.24, 2.45) is 23.7 Å². The van der Waals surface area contributed by atoms with Crippen LogP contribution in [0.4, 0.5) is 26.3 Å². The minimum Gasteiger partial charge on any atom is -0.295 e. The molecule has 0 aliphatic heterocycles. The third-order valence-corrected chi connectivity index (χ3v) is 6.93. The van der Waals surface area contributed by atoms with Crippen LogP contribution in [0.25, 0.3) is 0 Å². The lowest BCUT2D eigenvalue weighted by Crippen LogP contribution is -2.51. The van der Waals surface area contributed by atoms with Gasteiger partial charge in [-0.3, -0.25) is 9.80 Å². The molecule has 33 heavy (non-hydrogen) atoms. The van der Waals surface area contributed by atoms with Gasteiger partial charge in [0.1, 0.15) is 12.1 Å². The van der Waals surface area contributed by atoms with Gasteiger partial charge in [0, 0.05) is 6.04 Å². The number of hydrogen-bond donors (Lipinski definition) is 0. The minimum absolute atomic E-state index is 0.156. The van der Waals surface area contributed by atoms with Crippen LogP contribution in [-0.2, 0) is 0 Å². The molecule has 3 unspecified atom stereocenters. The van der Waals surface area contributed by atoms with E-state index in [0.717, 1.165) is 12.8 Å². The van der Waals surface area contributed by atoms with Crippen molar-refractivity contribution in [2.45, 2.75) is 117 Å². The molecule has 200 valence electrons. The first-order valence-electron chi connectivity index (χ1n) is 12.4. The van der Waals surface area contributed by atoms with Gasteiger partial charge in [-0.2, -0.15) is 26.3 Å². The molecule has 0 heterocycles. The molecule has 0 amide bonds. The summed E-state index contributed by atoms with van der Waals surface area (Å²) in [7, 11) is 3.07. The molecule has 0 rings (SSSR count). The van der Waals surface area contributed by atoms with Gasteiger partial charge in [-0.25, -0.2) is 0 Å². The molecular formula is C25H48F6N2. The molecular weight excluding hydrogens is 442 g/mol. The maximum atomic E-state index is 13.9.